The minimum atomic E-state index is -3.59. The molecule has 0 radical (unpaired) electrons. The van der Waals surface area contributed by atoms with E-state index in [9.17, 15) is 23.3 Å². The van der Waals surface area contributed by atoms with Crippen molar-refractivity contribution in [2.75, 3.05) is 12.8 Å². The van der Waals surface area contributed by atoms with E-state index in [0.29, 0.717) is 18.7 Å². The average Bonchev–Trinajstić information content (AvgIpc) is 2.69. The number of nitro groups is 1. The number of carbonyl (C=O) groups excluding carboxylic acids is 1. The topological polar surface area (TPSA) is 107 Å². The Balaban J connectivity index is 2.08. The lowest BCUT2D eigenvalue weighted by molar-refractivity contribution is -0.384. The maximum atomic E-state index is 12.7. The summed E-state index contributed by atoms with van der Waals surface area (Å²) in [6.07, 6.45) is 5.80. The van der Waals surface area contributed by atoms with Gasteiger partial charge in [0.2, 0.25) is 5.91 Å². The smallest absolute Gasteiger partial charge is 0.306 e. The molecule has 0 unspecified atom stereocenters. The molecule has 0 aliphatic carbocycles. The van der Waals surface area contributed by atoms with E-state index in [1.54, 1.807) is 47.4 Å². The van der Waals surface area contributed by atoms with Crippen LogP contribution in [-0.4, -0.2) is 36.9 Å². The molecule has 0 aromatic heterocycles. The van der Waals surface area contributed by atoms with Crippen LogP contribution in [0.15, 0.2) is 54.6 Å². The third-order valence-electron chi connectivity index (χ3n) is 4.16. The van der Waals surface area contributed by atoms with E-state index >= 15 is 0 Å². The molecule has 0 saturated carbocycles. The molecule has 2 aromatic carbocycles. The lowest BCUT2D eigenvalue weighted by Gasteiger charge is -2.21. The van der Waals surface area contributed by atoms with Crippen molar-refractivity contribution in [2.45, 2.75) is 26.3 Å². The molecular weight excluding hydrogens is 408 g/mol. The van der Waals surface area contributed by atoms with Crippen molar-refractivity contribution in [3.05, 3.63) is 75.8 Å². The van der Waals surface area contributed by atoms with Crippen LogP contribution in [0.1, 0.15) is 30.9 Å². The Morgan fingerprint density at radius 1 is 1.13 bits per heavy atom. The Kier molecular flexibility index (Phi) is 8.11. The zero-order chi connectivity index (χ0) is 22.1. The Bertz CT molecular complexity index is 999. The molecule has 0 aliphatic heterocycles. The van der Waals surface area contributed by atoms with Crippen molar-refractivity contribution in [1.82, 2.24) is 4.90 Å². The number of non-ortho nitro benzene ring substituents is 1. The SMILES string of the molecule is CCCCN(Cc1ccc(OS(C)(=O)=O)cc1)C(=O)/C=C/c1ccc([N+](=O)[O-])cc1. The van der Waals surface area contributed by atoms with Gasteiger partial charge in [-0.3, -0.25) is 14.9 Å². The van der Waals surface area contributed by atoms with Gasteiger partial charge in [0.1, 0.15) is 5.75 Å². The van der Waals surface area contributed by atoms with Crippen molar-refractivity contribution in [1.29, 1.82) is 0 Å². The zero-order valence-electron chi connectivity index (χ0n) is 16.9. The largest absolute Gasteiger partial charge is 0.383 e. The summed E-state index contributed by atoms with van der Waals surface area (Å²) in [6.45, 7) is 2.97. The van der Waals surface area contributed by atoms with Crippen LogP contribution in [0.25, 0.3) is 6.08 Å². The third-order valence-corrected chi connectivity index (χ3v) is 4.66. The Morgan fingerprint density at radius 2 is 1.77 bits per heavy atom. The first-order valence-corrected chi connectivity index (χ1v) is 11.2. The summed E-state index contributed by atoms with van der Waals surface area (Å²) < 4.78 is 27.2. The highest BCUT2D eigenvalue weighted by molar-refractivity contribution is 7.86. The second-order valence-electron chi connectivity index (χ2n) is 6.73. The Labute approximate surface area is 176 Å². The second-order valence-corrected chi connectivity index (χ2v) is 8.30. The van der Waals surface area contributed by atoms with Crippen LogP contribution in [0.2, 0.25) is 0 Å². The van der Waals surface area contributed by atoms with Gasteiger partial charge in [-0.2, -0.15) is 8.42 Å². The van der Waals surface area contributed by atoms with Crippen molar-refractivity contribution < 1.29 is 22.3 Å². The summed E-state index contributed by atoms with van der Waals surface area (Å²) in [4.78, 5) is 24.6. The summed E-state index contributed by atoms with van der Waals surface area (Å²) in [7, 11) is -3.59. The van der Waals surface area contributed by atoms with Crippen LogP contribution < -0.4 is 4.18 Å². The van der Waals surface area contributed by atoms with E-state index in [2.05, 4.69) is 0 Å². The van der Waals surface area contributed by atoms with Crippen molar-refractivity contribution in [3.8, 4) is 5.75 Å². The van der Waals surface area contributed by atoms with Gasteiger partial charge in [0.15, 0.2) is 0 Å². The number of unbranched alkanes of at least 4 members (excludes halogenated alkanes) is 1. The summed E-state index contributed by atoms with van der Waals surface area (Å²) in [5.74, 6) is 0.0315. The molecule has 1 amide bonds. The number of benzene rings is 2. The molecular formula is C21H24N2O6S. The standard InChI is InChI=1S/C21H24N2O6S/c1-3-4-15-22(16-18-7-12-20(13-8-18)29-30(2,27)28)21(24)14-9-17-5-10-19(11-6-17)23(25)26/h5-14H,3-4,15-16H2,1-2H3/b14-9+. The fraction of sp³-hybridized carbons (Fsp3) is 0.286. The first-order valence-electron chi connectivity index (χ1n) is 9.38. The summed E-state index contributed by atoms with van der Waals surface area (Å²) in [6, 6.07) is 12.5. The third kappa shape index (κ3) is 7.67. The summed E-state index contributed by atoms with van der Waals surface area (Å²) >= 11 is 0. The highest BCUT2D eigenvalue weighted by Crippen LogP contribution is 2.17. The number of nitro benzene ring substituents is 1. The van der Waals surface area contributed by atoms with Gasteiger partial charge in [-0.25, -0.2) is 0 Å². The number of nitrogens with zero attached hydrogens (tertiary/aromatic N) is 2. The normalized spacial score (nSPS) is 11.4. The monoisotopic (exact) mass is 432 g/mol. The molecule has 160 valence electrons. The van der Waals surface area contributed by atoms with Gasteiger partial charge in [-0.15, -0.1) is 0 Å². The molecule has 0 atom stereocenters. The lowest BCUT2D eigenvalue weighted by Crippen LogP contribution is -2.30. The molecule has 0 heterocycles. The minimum Gasteiger partial charge on any atom is -0.383 e. The quantitative estimate of drug-likeness (QED) is 0.245. The van der Waals surface area contributed by atoms with E-state index in [1.165, 1.54) is 18.2 Å². The number of rotatable bonds is 10. The predicted octanol–water partition coefficient (Wildman–Crippen LogP) is 3.78. The number of amides is 1. The molecule has 0 aliphatic rings. The van der Waals surface area contributed by atoms with Crippen molar-refractivity contribution in [3.63, 3.8) is 0 Å². The van der Waals surface area contributed by atoms with Gasteiger partial charge in [-0.1, -0.05) is 25.5 Å². The van der Waals surface area contributed by atoms with Gasteiger partial charge >= 0.3 is 10.1 Å². The molecule has 0 fully saturated rings. The first kappa shape index (κ1) is 23.1. The molecule has 2 aromatic rings. The molecule has 2 rings (SSSR count). The van der Waals surface area contributed by atoms with E-state index in [-0.39, 0.29) is 17.3 Å². The molecule has 9 heteroatoms. The van der Waals surface area contributed by atoms with E-state index in [0.717, 1.165) is 24.7 Å². The van der Waals surface area contributed by atoms with Crippen molar-refractivity contribution in [2.24, 2.45) is 0 Å². The molecule has 30 heavy (non-hydrogen) atoms. The number of hydrogen-bond acceptors (Lipinski definition) is 6. The van der Waals surface area contributed by atoms with Gasteiger partial charge in [0.05, 0.1) is 11.2 Å². The van der Waals surface area contributed by atoms with E-state index in [4.69, 9.17) is 4.18 Å². The predicted molar refractivity (Wildman–Crippen MR) is 114 cm³/mol. The van der Waals surface area contributed by atoms with E-state index in [1.807, 2.05) is 6.92 Å². The average molecular weight is 432 g/mol. The highest BCUT2D eigenvalue weighted by Gasteiger charge is 2.12. The van der Waals surface area contributed by atoms with Gasteiger partial charge in [0, 0.05) is 31.3 Å². The van der Waals surface area contributed by atoms with Crippen LogP contribution in [0.5, 0.6) is 5.75 Å². The molecule has 0 N–H and O–H groups in total. The molecule has 0 spiro atoms. The minimum absolute atomic E-state index is 0.00801. The van der Waals surface area contributed by atoms with Gasteiger partial charge in [-0.05, 0) is 47.9 Å². The molecule has 0 saturated heterocycles. The maximum Gasteiger partial charge on any atom is 0.306 e. The lowest BCUT2D eigenvalue weighted by atomic mass is 10.1. The van der Waals surface area contributed by atoms with E-state index < -0.39 is 15.0 Å². The summed E-state index contributed by atoms with van der Waals surface area (Å²) in [5, 5.41) is 10.7. The van der Waals surface area contributed by atoms with Crippen LogP contribution in [0.4, 0.5) is 5.69 Å². The molecule has 8 nitrogen and oxygen atoms in total. The van der Waals surface area contributed by atoms with Crippen molar-refractivity contribution >= 4 is 27.8 Å². The van der Waals surface area contributed by atoms with Crippen LogP contribution in [-0.2, 0) is 21.5 Å². The zero-order valence-corrected chi connectivity index (χ0v) is 17.7. The molecule has 0 bridgehead atoms. The highest BCUT2D eigenvalue weighted by atomic mass is 32.2. The van der Waals surface area contributed by atoms with Crippen LogP contribution >= 0.6 is 0 Å². The Hall–Kier alpha value is -3.20. The number of carbonyl (C=O) groups is 1. The Morgan fingerprint density at radius 3 is 2.30 bits per heavy atom. The fourth-order valence-electron chi connectivity index (χ4n) is 2.64. The summed E-state index contributed by atoms with van der Waals surface area (Å²) in [5.41, 5.74) is 1.52. The fourth-order valence-corrected chi connectivity index (χ4v) is 3.10. The van der Waals surface area contributed by atoms with Crippen LogP contribution in [0.3, 0.4) is 0 Å². The van der Waals surface area contributed by atoms with Crippen LogP contribution in [0, 0.1) is 10.1 Å². The maximum absolute atomic E-state index is 12.7. The first-order chi connectivity index (χ1) is 14.2. The second kappa shape index (κ2) is 10.5. The number of hydrogen-bond donors (Lipinski definition) is 0. The van der Waals surface area contributed by atoms with Gasteiger partial charge in [0.25, 0.3) is 5.69 Å². The van der Waals surface area contributed by atoms with Gasteiger partial charge < -0.3 is 9.08 Å².